The van der Waals surface area contributed by atoms with E-state index in [-0.39, 0.29) is 68.0 Å². The minimum atomic E-state index is -4.89. The number of sulfonamides is 1. The molecule has 5 aromatic rings. The number of amides is 2. The maximum Gasteiger partial charge on any atom is 0.410 e. The van der Waals surface area contributed by atoms with Crippen molar-refractivity contribution in [1.82, 2.24) is 29.4 Å². The second-order valence-electron chi connectivity index (χ2n) is 19.8. The van der Waals surface area contributed by atoms with E-state index in [1.54, 1.807) is 93.4 Å². The van der Waals surface area contributed by atoms with E-state index in [1.165, 1.54) is 40.4 Å². The molecule has 17 nitrogen and oxygen atoms in total. The number of sulfone groups is 1. The van der Waals surface area contributed by atoms with Crippen molar-refractivity contribution < 1.29 is 45.4 Å². The molecular weight excluding hydrogens is 939 g/mol. The van der Waals surface area contributed by atoms with Gasteiger partial charge in [0, 0.05) is 40.8 Å². The number of carbonyl (C=O) groups excluding carboxylic acids is 2. The number of carbonyl (C=O) groups is 2. The molecule has 2 aliphatic rings. The van der Waals surface area contributed by atoms with Crippen LogP contribution in [-0.2, 0) is 49.0 Å². The Bertz CT molecular complexity index is 2810. The van der Waals surface area contributed by atoms with Crippen LogP contribution in [0.4, 0.5) is 10.5 Å². The molecule has 0 unspecified atom stereocenters. The van der Waals surface area contributed by atoms with E-state index in [0.717, 1.165) is 5.56 Å². The van der Waals surface area contributed by atoms with Crippen molar-refractivity contribution in [2.24, 2.45) is 5.41 Å². The van der Waals surface area contributed by atoms with Gasteiger partial charge in [0.1, 0.15) is 27.7 Å². The predicted octanol–water partition coefficient (Wildman–Crippen LogP) is 7.67. The normalized spacial score (nSPS) is 15.5. The van der Waals surface area contributed by atoms with Gasteiger partial charge in [-0.05, 0) is 117 Å². The first kappa shape index (κ1) is 51.0. The fraction of sp³-hybridized carbons (Fsp3) is 0.449. The molecule has 0 N–H and O–H groups in total. The van der Waals surface area contributed by atoms with Gasteiger partial charge < -0.3 is 28.7 Å². The summed E-state index contributed by atoms with van der Waals surface area (Å²) in [5.74, 6) is 1.03. The molecule has 2 aliphatic heterocycles. The lowest BCUT2D eigenvalue weighted by molar-refractivity contribution is -0.128. The van der Waals surface area contributed by atoms with Crippen LogP contribution in [0.2, 0.25) is 25.7 Å². The Morgan fingerprint density at radius 1 is 0.739 bits per heavy atom. The summed E-state index contributed by atoms with van der Waals surface area (Å²) in [4.78, 5) is 31.6. The van der Waals surface area contributed by atoms with Gasteiger partial charge in [-0.25, -0.2) is 21.6 Å². The number of ether oxygens (including phenoxy) is 4. The standard InChI is InChI=1S/C49H63N7O10S2Si/c1-48(2,3)66-47(58)53-27-24-49(25-28-53)26-29-55(46(49)57)41-22-23-42(67(59,60)30-31-69(7,8)9)44(43(41)45-50-52-56(51-45)34-37-14-20-40(65-6)21-15-37)68(61,62)54(32-35-10-16-38(63-4)17-11-35)33-36-12-18-39(64-5)19-13-36/h10-23H,24-34H2,1-9H3. The Hall–Kier alpha value is -5.83. The molecule has 20 heteroatoms. The van der Waals surface area contributed by atoms with Crippen molar-refractivity contribution in [2.75, 3.05) is 51.6 Å². The van der Waals surface area contributed by atoms with E-state index in [9.17, 15) is 13.2 Å². The Morgan fingerprint density at radius 2 is 1.25 bits per heavy atom. The molecule has 3 heterocycles. The SMILES string of the molecule is COc1ccc(CN(Cc2ccc(OC)cc2)S(=O)(=O)c2c(S(=O)(=O)CC[Si](C)(C)C)ccc(N3CCC4(CCN(C(=O)OC(C)(C)C)CC4)C3=O)c2-c2nnn(Cc3ccc(OC)cc3)n2)cc1. The van der Waals surface area contributed by atoms with E-state index in [0.29, 0.717) is 53.7 Å². The van der Waals surface area contributed by atoms with Gasteiger partial charge in [0.15, 0.2) is 9.84 Å². The molecule has 0 atom stereocenters. The van der Waals surface area contributed by atoms with E-state index in [1.807, 2.05) is 12.1 Å². The van der Waals surface area contributed by atoms with Gasteiger partial charge in [-0.1, -0.05) is 56.0 Å². The molecular formula is C49H63N7O10S2Si. The first-order chi connectivity index (χ1) is 32.5. The molecule has 2 amide bonds. The highest BCUT2D eigenvalue weighted by atomic mass is 32.2. The van der Waals surface area contributed by atoms with Crippen LogP contribution in [0.15, 0.2) is 94.7 Å². The Morgan fingerprint density at radius 3 is 1.74 bits per heavy atom. The van der Waals surface area contributed by atoms with Gasteiger partial charge in [-0.15, -0.1) is 10.2 Å². The molecule has 370 valence electrons. The molecule has 1 spiro atoms. The van der Waals surface area contributed by atoms with Crippen molar-refractivity contribution >= 4 is 45.6 Å². The van der Waals surface area contributed by atoms with Crippen molar-refractivity contribution in [3.63, 3.8) is 0 Å². The van der Waals surface area contributed by atoms with Gasteiger partial charge in [-0.3, -0.25) is 4.79 Å². The third-order valence-corrected chi connectivity index (χ3v) is 18.4. The first-order valence-corrected chi connectivity index (χ1v) is 29.7. The van der Waals surface area contributed by atoms with Crippen LogP contribution >= 0.6 is 0 Å². The lowest BCUT2D eigenvalue weighted by atomic mass is 9.77. The molecule has 1 aromatic heterocycles. The minimum absolute atomic E-state index is 0.129. The van der Waals surface area contributed by atoms with Gasteiger partial charge in [-0.2, -0.15) is 9.10 Å². The number of hydrogen-bond donors (Lipinski definition) is 0. The smallest absolute Gasteiger partial charge is 0.410 e. The number of likely N-dealkylation sites (tertiary alicyclic amines) is 1. The van der Waals surface area contributed by atoms with Crippen molar-refractivity contribution in [3.05, 3.63) is 102 Å². The zero-order valence-corrected chi connectivity index (χ0v) is 43.5. The molecule has 0 bridgehead atoms. The number of rotatable bonds is 17. The van der Waals surface area contributed by atoms with Crippen LogP contribution in [0, 0.1) is 5.41 Å². The second kappa shape index (κ2) is 20.3. The summed E-state index contributed by atoms with van der Waals surface area (Å²) in [7, 11) is -6.59. The fourth-order valence-electron chi connectivity index (χ4n) is 8.53. The first-order valence-electron chi connectivity index (χ1n) is 22.9. The maximum atomic E-state index is 16.1. The summed E-state index contributed by atoms with van der Waals surface area (Å²) in [5.41, 5.74) is 0.389. The third-order valence-electron chi connectivity index (χ3n) is 12.5. The van der Waals surface area contributed by atoms with Crippen LogP contribution in [0.5, 0.6) is 17.2 Å². The Labute approximate surface area is 406 Å². The average Bonchev–Trinajstić information content (AvgIpc) is 3.90. The number of tetrazole rings is 1. The van der Waals surface area contributed by atoms with Gasteiger partial charge in [0.05, 0.1) is 55.2 Å². The molecule has 2 fully saturated rings. The summed E-state index contributed by atoms with van der Waals surface area (Å²) >= 11 is 0. The van der Waals surface area contributed by atoms with Crippen molar-refractivity contribution in [3.8, 4) is 28.6 Å². The van der Waals surface area contributed by atoms with Crippen LogP contribution in [0.1, 0.15) is 56.7 Å². The molecule has 69 heavy (non-hydrogen) atoms. The third kappa shape index (κ3) is 11.8. The number of nitrogens with zero attached hydrogens (tertiary/aromatic N) is 7. The van der Waals surface area contributed by atoms with E-state index in [4.69, 9.17) is 24.0 Å². The average molecular weight is 1000 g/mol. The number of piperidine rings is 1. The topological polar surface area (TPSA) is 193 Å². The molecule has 0 aliphatic carbocycles. The summed E-state index contributed by atoms with van der Waals surface area (Å²) in [6.45, 7) is 12.1. The molecule has 0 saturated carbocycles. The monoisotopic (exact) mass is 1000 g/mol. The number of methoxy groups -OCH3 is 3. The molecule has 7 rings (SSSR count). The lowest BCUT2D eigenvalue weighted by Crippen LogP contribution is -2.48. The number of anilines is 1. The van der Waals surface area contributed by atoms with E-state index < -0.39 is 54.8 Å². The van der Waals surface area contributed by atoms with Crippen LogP contribution < -0.4 is 19.1 Å². The zero-order chi connectivity index (χ0) is 49.9. The largest absolute Gasteiger partial charge is 0.497 e. The van der Waals surface area contributed by atoms with E-state index >= 15 is 13.2 Å². The summed E-state index contributed by atoms with van der Waals surface area (Å²) in [6.07, 6.45) is 0.642. The van der Waals surface area contributed by atoms with Crippen molar-refractivity contribution in [2.45, 2.75) is 101 Å². The van der Waals surface area contributed by atoms with Crippen LogP contribution in [0.25, 0.3) is 11.4 Å². The number of benzene rings is 4. The Balaban J connectivity index is 1.42. The molecule has 2 saturated heterocycles. The summed E-state index contributed by atoms with van der Waals surface area (Å²) in [6, 6.07) is 24.3. The number of aromatic nitrogens is 4. The molecule has 4 aromatic carbocycles. The maximum absolute atomic E-state index is 16.1. The van der Waals surface area contributed by atoms with Gasteiger partial charge in [0.2, 0.25) is 21.8 Å². The second-order valence-corrected chi connectivity index (χ2v) is 29.4. The minimum Gasteiger partial charge on any atom is -0.497 e. The van der Waals surface area contributed by atoms with Crippen LogP contribution in [0.3, 0.4) is 0 Å². The lowest BCUT2D eigenvalue weighted by Gasteiger charge is -2.38. The fourth-order valence-corrected chi connectivity index (χ4v) is 15.3. The zero-order valence-electron chi connectivity index (χ0n) is 40.9. The molecule has 0 radical (unpaired) electrons. The van der Waals surface area contributed by atoms with Gasteiger partial charge >= 0.3 is 6.09 Å². The Kier molecular flexibility index (Phi) is 15.0. The quantitative estimate of drug-likeness (QED) is 0.0825. The summed E-state index contributed by atoms with van der Waals surface area (Å²) < 4.78 is 85.1. The highest BCUT2D eigenvalue weighted by Gasteiger charge is 2.51. The van der Waals surface area contributed by atoms with Gasteiger partial charge in [0.25, 0.3) is 0 Å². The highest BCUT2D eigenvalue weighted by Crippen LogP contribution is 2.48. The van der Waals surface area contributed by atoms with E-state index in [2.05, 4.69) is 30.0 Å². The highest BCUT2D eigenvalue weighted by molar-refractivity contribution is 7.93. The van der Waals surface area contributed by atoms with Crippen LogP contribution in [-0.4, -0.2) is 119 Å². The van der Waals surface area contributed by atoms with Crippen molar-refractivity contribution in [1.29, 1.82) is 0 Å². The number of hydrogen-bond acceptors (Lipinski definition) is 13. The summed E-state index contributed by atoms with van der Waals surface area (Å²) in [5, 5.41) is 13.6. The predicted molar refractivity (Wildman–Crippen MR) is 264 cm³/mol.